The molecule has 4 aliphatic rings. The van der Waals surface area contributed by atoms with Crippen LogP contribution < -0.4 is 10.0 Å². The molecule has 2 saturated carbocycles. The summed E-state index contributed by atoms with van der Waals surface area (Å²) in [5.74, 6) is 0.287. The van der Waals surface area contributed by atoms with Crippen molar-refractivity contribution < 1.29 is 18.0 Å². The van der Waals surface area contributed by atoms with Gasteiger partial charge in [-0.1, -0.05) is 0 Å². The number of rotatable bonds is 5. The highest BCUT2D eigenvalue weighted by molar-refractivity contribution is 8.00. The zero-order valence-corrected chi connectivity index (χ0v) is 18.3. The third-order valence-electron chi connectivity index (χ3n) is 6.57. The van der Waals surface area contributed by atoms with E-state index < -0.39 is 21.2 Å². The van der Waals surface area contributed by atoms with E-state index in [1.807, 2.05) is 6.92 Å². The minimum atomic E-state index is -3.47. The van der Waals surface area contributed by atoms with Crippen LogP contribution in [-0.4, -0.2) is 77.7 Å². The van der Waals surface area contributed by atoms with Crippen molar-refractivity contribution in [2.45, 2.75) is 74.2 Å². The molecule has 0 aromatic heterocycles. The minimum Gasteiger partial charge on any atom is -0.324 e. The van der Waals surface area contributed by atoms with E-state index in [4.69, 9.17) is 0 Å². The average Bonchev–Trinajstić information content (AvgIpc) is 3.20. The minimum absolute atomic E-state index is 0.0347. The fourth-order valence-corrected chi connectivity index (χ4v) is 7.75. The van der Waals surface area contributed by atoms with Crippen LogP contribution in [0.2, 0.25) is 0 Å². The summed E-state index contributed by atoms with van der Waals surface area (Å²) in [5.41, 5.74) is -0.312. The van der Waals surface area contributed by atoms with Gasteiger partial charge in [0.1, 0.15) is 0 Å². The van der Waals surface area contributed by atoms with Crippen LogP contribution in [0, 0.1) is 5.92 Å². The molecule has 0 spiro atoms. The Morgan fingerprint density at radius 2 is 2.00 bits per heavy atom. The quantitative estimate of drug-likeness (QED) is 0.674. The Morgan fingerprint density at radius 3 is 2.61 bits per heavy atom. The summed E-state index contributed by atoms with van der Waals surface area (Å²) in [6, 6.07) is -0.116. The van der Waals surface area contributed by atoms with Gasteiger partial charge < -0.3 is 10.2 Å². The second kappa shape index (κ2) is 7.14. The second-order valence-electron chi connectivity index (χ2n) is 9.05. The van der Waals surface area contributed by atoms with Crippen molar-refractivity contribution >= 4 is 33.7 Å². The number of carbonyl (C=O) groups is 2. The summed E-state index contributed by atoms with van der Waals surface area (Å²) in [7, 11) is -1.74. The highest BCUT2D eigenvalue weighted by atomic mass is 32.2. The van der Waals surface area contributed by atoms with Gasteiger partial charge in [-0.05, 0) is 46.0 Å². The SMILES string of the molecule is CC1CSC(CN2C(=O)C3CC(S(=O)(=O)NC4(C)CC4)CCC3N(C)C2=O)N1. The van der Waals surface area contributed by atoms with Crippen molar-refractivity contribution in [1.29, 1.82) is 0 Å². The summed E-state index contributed by atoms with van der Waals surface area (Å²) in [6.07, 6.45) is 3.03. The van der Waals surface area contributed by atoms with Crippen molar-refractivity contribution in [3.63, 3.8) is 0 Å². The van der Waals surface area contributed by atoms with E-state index in [-0.39, 0.29) is 35.3 Å². The van der Waals surface area contributed by atoms with Gasteiger partial charge in [-0.2, -0.15) is 0 Å². The summed E-state index contributed by atoms with van der Waals surface area (Å²) >= 11 is 1.72. The summed E-state index contributed by atoms with van der Waals surface area (Å²) in [5, 5.41) is 2.85. The molecular formula is C18H30N4O4S2. The Hall–Kier alpha value is -0.840. The molecule has 5 unspecified atom stereocenters. The molecule has 2 saturated heterocycles. The first-order valence-corrected chi connectivity index (χ1v) is 12.7. The van der Waals surface area contributed by atoms with Crippen molar-refractivity contribution in [1.82, 2.24) is 19.8 Å². The first-order chi connectivity index (χ1) is 13.1. The van der Waals surface area contributed by atoms with Gasteiger partial charge in [0.25, 0.3) is 0 Å². The van der Waals surface area contributed by atoms with Crippen LogP contribution in [0.1, 0.15) is 46.0 Å². The van der Waals surface area contributed by atoms with E-state index in [2.05, 4.69) is 17.0 Å². The number of amides is 3. The molecule has 4 fully saturated rings. The van der Waals surface area contributed by atoms with Crippen LogP contribution in [0.15, 0.2) is 0 Å². The molecule has 28 heavy (non-hydrogen) atoms. The normalized spacial score (nSPS) is 37.9. The molecule has 4 rings (SSSR count). The van der Waals surface area contributed by atoms with Crippen LogP contribution in [0.3, 0.4) is 0 Å². The number of thioether (sulfide) groups is 1. The number of carbonyl (C=O) groups excluding carboxylic acids is 2. The smallest absolute Gasteiger partial charge is 0.324 e. The Labute approximate surface area is 171 Å². The lowest BCUT2D eigenvalue weighted by molar-refractivity contribution is -0.139. The maximum atomic E-state index is 13.2. The van der Waals surface area contributed by atoms with Gasteiger partial charge >= 0.3 is 6.03 Å². The molecule has 2 aliphatic heterocycles. The van der Waals surface area contributed by atoms with E-state index in [0.29, 0.717) is 25.4 Å². The number of sulfonamides is 1. The van der Waals surface area contributed by atoms with Gasteiger partial charge in [-0.3, -0.25) is 9.69 Å². The summed E-state index contributed by atoms with van der Waals surface area (Å²) in [6.45, 7) is 4.33. The van der Waals surface area contributed by atoms with Gasteiger partial charge in [0, 0.05) is 30.4 Å². The van der Waals surface area contributed by atoms with Crippen LogP contribution in [0.5, 0.6) is 0 Å². The number of urea groups is 1. The molecule has 8 nitrogen and oxygen atoms in total. The molecule has 0 aromatic rings. The largest absolute Gasteiger partial charge is 0.326 e. The number of fused-ring (bicyclic) bond motifs is 1. The molecule has 0 bridgehead atoms. The van der Waals surface area contributed by atoms with Crippen LogP contribution in [0.25, 0.3) is 0 Å². The van der Waals surface area contributed by atoms with E-state index >= 15 is 0 Å². The van der Waals surface area contributed by atoms with Crippen molar-refractivity contribution in [2.75, 3.05) is 19.3 Å². The molecule has 0 radical (unpaired) electrons. The fourth-order valence-electron chi connectivity index (χ4n) is 4.58. The molecule has 2 N–H and O–H groups in total. The summed E-state index contributed by atoms with van der Waals surface area (Å²) in [4.78, 5) is 29.0. The first kappa shape index (κ1) is 20.4. The lowest BCUT2D eigenvalue weighted by Gasteiger charge is -2.47. The van der Waals surface area contributed by atoms with E-state index in [1.54, 1.807) is 23.7 Å². The maximum Gasteiger partial charge on any atom is 0.326 e. The Bertz CT molecular complexity index is 770. The lowest BCUT2D eigenvalue weighted by Crippen LogP contribution is -2.64. The Kier molecular flexibility index (Phi) is 5.21. The number of nitrogens with one attached hydrogen (secondary N) is 2. The topological polar surface area (TPSA) is 98.8 Å². The van der Waals surface area contributed by atoms with Gasteiger partial charge in [-0.25, -0.2) is 17.9 Å². The molecule has 0 aromatic carbocycles. The predicted molar refractivity (Wildman–Crippen MR) is 108 cm³/mol. The molecule has 5 atom stereocenters. The van der Waals surface area contributed by atoms with E-state index in [0.717, 1.165) is 18.6 Å². The Morgan fingerprint density at radius 1 is 1.29 bits per heavy atom. The summed E-state index contributed by atoms with van der Waals surface area (Å²) < 4.78 is 28.5. The standard InChI is InChI=1S/C18H30N4O4S2/c1-11-10-27-15(19-11)9-22-16(23)13-8-12(4-5-14(13)21(3)17(22)24)28(25,26)20-18(2)6-7-18/h11-15,19-20H,4-10H2,1-3H3. The Balaban J connectivity index is 1.49. The maximum absolute atomic E-state index is 13.2. The number of imide groups is 1. The molecular weight excluding hydrogens is 400 g/mol. The molecule has 10 heteroatoms. The molecule has 3 amide bonds. The van der Waals surface area contributed by atoms with Crippen LogP contribution in [0.4, 0.5) is 4.79 Å². The number of hydrogen-bond donors (Lipinski definition) is 2. The number of nitrogens with zero attached hydrogens (tertiary/aromatic N) is 2. The van der Waals surface area contributed by atoms with Crippen molar-refractivity contribution in [3.05, 3.63) is 0 Å². The van der Waals surface area contributed by atoms with Gasteiger partial charge in [-0.15, -0.1) is 11.8 Å². The van der Waals surface area contributed by atoms with Gasteiger partial charge in [0.05, 0.1) is 23.1 Å². The zero-order valence-electron chi connectivity index (χ0n) is 16.7. The zero-order chi connectivity index (χ0) is 20.3. The van der Waals surface area contributed by atoms with Crippen molar-refractivity contribution in [3.8, 4) is 0 Å². The van der Waals surface area contributed by atoms with E-state index in [9.17, 15) is 18.0 Å². The third kappa shape index (κ3) is 3.80. The average molecular weight is 431 g/mol. The predicted octanol–water partition coefficient (Wildman–Crippen LogP) is 0.941. The highest BCUT2D eigenvalue weighted by Crippen LogP contribution is 2.40. The van der Waals surface area contributed by atoms with Crippen LogP contribution >= 0.6 is 11.8 Å². The second-order valence-corrected chi connectivity index (χ2v) is 12.2. The first-order valence-electron chi connectivity index (χ1n) is 10.1. The molecule has 158 valence electrons. The fraction of sp³-hybridized carbons (Fsp3) is 0.889. The van der Waals surface area contributed by atoms with Gasteiger partial charge in [0.2, 0.25) is 15.9 Å². The molecule has 2 aliphatic carbocycles. The number of hydrogen-bond acceptors (Lipinski definition) is 6. The highest BCUT2D eigenvalue weighted by Gasteiger charge is 2.51. The van der Waals surface area contributed by atoms with Crippen molar-refractivity contribution in [2.24, 2.45) is 5.92 Å². The third-order valence-corrected chi connectivity index (χ3v) is 10.0. The lowest BCUT2D eigenvalue weighted by atomic mass is 9.81. The van der Waals surface area contributed by atoms with Crippen LogP contribution in [-0.2, 0) is 14.8 Å². The monoisotopic (exact) mass is 430 g/mol. The van der Waals surface area contributed by atoms with E-state index in [1.165, 1.54) is 4.90 Å². The van der Waals surface area contributed by atoms with Gasteiger partial charge in [0.15, 0.2) is 0 Å². The molecule has 2 heterocycles.